The van der Waals surface area contributed by atoms with Crippen molar-refractivity contribution in [2.75, 3.05) is 5.73 Å². The normalized spacial score (nSPS) is 17.4. The van der Waals surface area contributed by atoms with Crippen LogP contribution in [0.15, 0.2) is 18.5 Å². The minimum absolute atomic E-state index is 0. The summed E-state index contributed by atoms with van der Waals surface area (Å²) in [6, 6.07) is 1.62. The molecule has 1 unspecified atom stereocenters. The number of nitrogens with two attached hydrogens (primary N) is 2. The second kappa shape index (κ2) is 3.98. The van der Waals surface area contributed by atoms with Crippen LogP contribution in [0.1, 0.15) is 29.6 Å². The molecule has 1 saturated carbocycles. The summed E-state index contributed by atoms with van der Waals surface area (Å²) in [5.41, 5.74) is 12.6. The summed E-state index contributed by atoms with van der Waals surface area (Å²) < 4.78 is 0. The van der Waals surface area contributed by atoms with Gasteiger partial charge in [-0.15, -0.1) is 0 Å². The predicted molar refractivity (Wildman–Crippen MR) is 58.3 cm³/mol. The van der Waals surface area contributed by atoms with E-state index >= 15 is 0 Å². The maximum absolute atomic E-state index is 11.8. The number of rotatable bonds is 4. The number of aromatic nitrogens is 1. The fourth-order valence-electron chi connectivity index (χ4n) is 1.65. The average Bonchev–Trinajstić information content (AvgIpc) is 3.01. The molecule has 4 N–H and O–H groups in total. The van der Waals surface area contributed by atoms with Crippen LogP contribution in [0.5, 0.6) is 0 Å². The van der Waals surface area contributed by atoms with Crippen LogP contribution in [0.2, 0.25) is 0 Å². The van der Waals surface area contributed by atoms with Crippen LogP contribution >= 0.6 is 0 Å². The lowest BCUT2D eigenvalue weighted by atomic mass is 10.0. The highest BCUT2D eigenvalue weighted by atomic mass is 16.1. The van der Waals surface area contributed by atoms with Gasteiger partial charge in [0.15, 0.2) is 5.78 Å². The van der Waals surface area contributed by atoms with E-state index in [1.54, 1.807) is 12.3 Å². The summed E-state index contributed by atoms with van der Waals surface area (Å²) >= 11 is 0. The van der Waals surface area contributed by atoms with E-state index in [-0.39, 0.29) is 11.8 Å². The summed E-state index contributed by atoms with van der Waals surface area (Å²) in [7, 11) is 0. The van der Waals surface area contributed by atoms with Gasteiger partial charge in [-0.05, 0) is 24.8 Å². The van der Waals surface area contributed by atoms with E-state index < -0.39 is 0 Å². The van der Waals surface area contributed by atoms with Crippen LogP contribution in [-0.4, -0.2) is 16.8 Å². The third-order valence-corrected chi connectivity index (χ3v) is 2.80. The minimum Gasteiger partial charge on any atom is -0.398 e. The Morgan fingerprint density at radius 1 is 1.60 bits per heavy atom. The van der Waals surface area contributed by atoms with Crippen LogP contribution < -0.4 is 11.5 Å². The van der Waals surface area contributed by atoms with Crippen molar-refractivity contribution in [2.24, 2.45) is 11.7 Å². The maximum Gasteiger partial charge on any atom is 0.168 e. The maximum atomic E-state index is 11.8. The first-order valence-corrected chi connectivity index (χ1v) is 5.16. The number of carbonyl (C=O) groups excluding carboxylic acids is 1. The molecule has 0 spiro atoms. The molecule has 0 bridgehead atoms. The molecule has 1 aromatic rings. The largest absolute Gasteiger partial charge is 0.398 e. The fraction of sp³-hybridized carbons (Fsp3) is 0.455. The van der Waals surface area contributed by atoms with E-state index in [0.717, 1.165) is 12.8 Å². The number of hydrogen-bond acceptors (Lipinski definition) is 4. The third-order valence-electron chi connectivity index (χ3n) is 2.80. The Hall–Kier alpha value is -1.42. The SMILES string of the molecule is Nc1ccncc1C(=O)CC(N)C1CC1. The van der Waals surface area contributed by atoms with Gasteiger partial charge in [-0.2, -0.15) is 0 Å². The van der Waals surface area contributed by atoms with Gasteiger partial charge < -0.3 is 11.5 Å². The number of Topliss-reactive ketones (excluding diaryl/α,β-unsaturated/α-hetero) is 1. The molecule has 80 valence electrons. The highest BCUT2D eigenvalue weighted by molar-refractivity contribution is 6.00. The lowest BCUT2D eigenvalue weighted by Gasteiger charge is -2.09. The second-order valence-corrected chi connectivity index (χ2v) is 4.09. The standard InChI is InChI=1S/C11H15N3O/c12-9-3-4-14-6-8(9)11(15)5-10(13)7-1-2-7/h3-4,6-7,10H,1-2,5,13H2,(H2,12,14). The van der Waals surface area contributed by atoms with E-state index in [0.29, 0.717) is 23.6 Å². The van der Waals surface area contributed by atoms with E-state index in [1.807, 2.05) is 0 Å². The van der Waals surface area contributed by atoms with Gasteiger partial charge in [0.25, 0.3) is 0 Å². The van der Waals surface area contributed by atoms with E-state index in [2.05, 4.69) is 4.98 Å². The minimum atomic E-state index is -0.0166. The van der Waals surface area contributed by atoms with Gasteiger partial charge in [0.1, 0.15) is 0 Å². The van der Waals surface area contributed by atoms with E-state index in [1.165, 1.54) is 6.20 Å². The van der Waals surface area contributed by atoms with Crippen LogP contribution in [0.25, 0.3) is 0 Å². The molecular weight excluding hydrogens is 190 g/mol. The predicted octanol–water partition coefficient (Wildman–Crippen LogP) is 0.974. The number of carbonyl (C=O) groups is 1. The molecule has 0 amide bonds. The lowest BCUT2D eigenvalue weighted by molar-refractivity contribution is 0.0972. The molecule has 1 aliphatic carbocycles. The van der Waals surface area contributed by atoms with Crippen molar-refractivity contribution in [1.82, 2.24) is 4.98 Å². The second-order valence-electron chi connectivity index (χ2n) is 4.09. The molecule has 1 heterocycles. The lowest BCUT2D eigenvalue weighted by Crippen LogP contribution is -2.26. The van der Waals surface area contributed by atoms with Crippen molar-refractivity contribution in [2.45, 2.75) is 25.3 Å². The molecule has 1 aliphatic rings. The Morgan fingerprint density at radius 3 is 2.93 bits per heavy atom. The highest BCUT2D eigenvalue weighted by Gasteiger charge is 2.30. The molecule has 0 saturated heterocycles. The molecular formula is C11H15N3O. The number of pyridine rings is 1. The van der Waals surface area contributed by atoms with Crippen molar-refractivity contribution in [3.05, 3.63) is 24.0 Å². The monoisotopic (exact) mass is 205 g/mol. The Morgan fingerprint density at radius 2 is 2.33 bits per heavy atom. The van der Waals surface area contributed by atoms with Crippen LogP contribution in [0.4, 0.5) is 5.69 Å². The molecule has 1 atom stereocenters. The van der Waals surface area contributed by atoms with Crippen molar-refractivity contribution >= 4 is 11.5 Å². The topological polar surface area (TPSA) is 82.0 Å². The first-order valence-electron chi connectivity index (χ1n) is 5.16. The summed E-state index contributed by atoms with van der Waals surface area (Å²) in [4.78, 5) is 15.7. The van der Waals surface area contributed by atoms with Crippen molar-refractivity contribution in [3.63, 3.8) is 0 Å². The fourth-order valence-corrected chi connectivity index (χ4v) is 1.65. The summed E-state index contributed by atoms with van der Waals surface area (Å²) in [5, 5.41) is 0. The Bertz CT molecular complexity index is 374. The number of ketones is 1. The number of nitrogens with zero attached hydrogens (tertiary/aromatic N) is 1. The van der Waals surface area contributed by atoms with Gasteiger partial charge in [-0.25, -0.2) is 0 Å². The zero-order chi connectivity index (χ0) is 10.8. The quantitative estimate of drug-likeness (QED) is 0.718. The van der Waals surface area contributed by atoms with Crippen LogP contribution in [0.3, 0.4) is 0 Å². The Balaban J connectivity index is 2.04. The molecule has 1 aromatic heterocycles. The molecule has 4 nitrogen and oxygen atoms in total. The molecule has 4 heteroatoms. The van der Waals surface area contributed by atoms with E-state index in [4.69, 9.17) is 11.5 Å². The van der Waals surface area contributed by atoms with Crippen LogP contribution in [-0.2, 0) is 0 Å². The summed E-state index contributed by atoms with van der Waals surface area (Å²) in [5.74, 6) is 0.534. The van der Waals surface area contributed by atoms with Crippen molar-refractivity contribution in [1.29, 1.82) is 0 Å². The van der Waals surface area contributed by atoms with Gasteiger partial charge in [-0.3, -0.25) is 9.78 Å². The smallest absolute Gasteiger partial charge is 0.168 e. The van der Waals surface area contributed by atoms with Crippen LogP contribution in [0, 0.1) is 5.92 Å². The molecule has 15 heavy (non-hydrogen) atoms. The van der Waals surface area contributed by atoms with Gasteiger partial charge in [0.05, 0.1) is 5.56 Å². The van der Waals surface area contributed by atoms with Gasteiger partial charge in [0, 0.05) is 30.5 Å². The molecule has 1 fully saturated rings. The number of anilines is 1. The molecule has 0 aliphatic heterocycles. The number of nitrogen functional groups attached to an aromatic ring is 1. The zero-order valence-corrected chi connectivity index (χ0v) is 8.52. The molecule has 0 aromatic carbocycles. The first kappa shape index (κ1) is 10.1. The average molecular weight is 205 g/mol. The Kier molecular flexibility index (Phi) is 2.68. The molecule has 2 rings (SSSR count). The first-order chi connectivity index (χ1) is 7.18. The summed E-state index contributed by atoms with van der Waals surface area (Å²) in [6.07, 6.45) is 5.76. The highest BCUT2D eigenvalue weighted by Crippen LogP contribution is 2.33. The van der Waals surface area contributed by atoms with Gasteiger partial charge in [0.2, 0.25) is 0 Å². The van der Waals surface area contributed by atoms with Crippen molar-refractivity contribution in [3.8, 4) is 0 Å². The number of hydrogen-bond donors (Lipinski definition) is 2. The zero-order valence-electron chi connectivity index (χ0n) is 8.52. The third kappa shape index (κ3) is 2.33. The molecule has 0 radical (unpaired) electrons. The van der Waals surface area contributed by atoms with E-state index in [9.17, 15) is 4.79 Å². The Labute approximate surface area is 88.7 Å². The van der Waals surface area contributed by atoms with Gasteiger partial charge >= 0.3 is 0 Å². The summed E-state index contributed by atoms with van der Waals surface area (Å²) in [6.45, 7) is 0. The van der Waals surface area contributed by atoms with Crippen molar-refractivity contribution < 1.29 is 4.79 Å². The van der Waals surface area contributed by atoms with Gasteiger partial charge in [-0.1, -0.05) is 0 Å².